The van der Waals surface area contributed by atoms with Crippen LogP contribution in [0.4, 0.5) is 16.2 Å². The van der Waals surface area contributed by atoms with Crippen LogP contribution in [0.2, 0.25) is 0 Å². The number of carbonyl (C=O) groups is 3. The van der Waals surface area contributed by atoms with E-state index in [1.807, 2.05) is 12.1 Å². The highest BCUT2D eigenvalue weighted by atomic mass is 16.6. The molecule has 0 aromatic heterocycles. The number of likely N-dealkylation sites (N-methyl/N-ethyl adjacent to an activating group) is 2. The van der Waals surface area contributed by atoms with Gasteiger partial charge in [-0.2, -0.15) is 10.2 Å². The Kier molecular flexibility index (Phi) is 8.22. The van der Waals surface area contributed by atoms with Crippen LogP contribution in [0.25, 0.3) is 0 Å². The number of nitrogens with zero attached hydrogens (tertiary/aromatic N) is 4. The van der Waals surface area contributed by atoms with Gasteiger partial charge in [-0.05, 0) is 48.9 Å². The van der Waals surface area contributed by atoms with E-state index in [1.54, 1.807) is 50.5 Å². The van der Waals surface area contributed by atoms with E-state index < -0.39 is 6.09 Å². The number of Topliss-reactive ketones (excluding diaryl/α,β-unsaturated/α-hetero) is 1. The van der Waals surface area contributed by atoms with Crippen molar-refractivity contribution in [3.05, 3.63) is 59.7 Å². The molecule has 0 aliphatic rings. The summed E-state index contributed by atoms with van der Waals surface area (Å²) in [5, 5.41) is 8.31. The summed E-state index contributed by atoms with van der Waals surface area (Å²) in [7, 11) is 3.31. The highest BCUT2D eigenvalue weighted by Crippen LogP contribution is 2.19. The van der Waals surface area contributed by atoms with Crippen LogP contribution in [0.15, 0.2) is 58.8 Å². The van der Waals surface area contributed by atoms with Gasteiger partial charge in [0.15, 0.2) is 5.78 Å². The first-order valence-electron chi connectivity index (χ1n) is 9.47. The molecule has 0 atom stereocenters. The molecule has 158 valence electrons. The number of ketones is 1. The molecule has 0 aliphatic heterocycles. The van der Waals surface area contributed by atoms with Crippen molar-refractivity contribution < 1.29 is 19.1 Å². The van der Waals surface area contributed by atoms with Gasteiger partial charge in [-0.3, -0.25) is 9.59 Å². The minimum Gasteiger partial charge on any atom is -0.445 e. The molecule has 0 radical (unpaired) electrons. The number of carbonyl (C=O) groups excluding carboxylic acids is 3. The molecular weight excluding hydrogens is 384 g/mol. The Labute approximate surface area is 176 Å². The lowest BCUT2D eigenvalue weighted by Crippen LogP contribution is -2.36. The molecule has 0 aliphatic carbocycles. The summed E-state index contributed by atoms with van der Waals surface area (Å²) in [5.41, 5.74) is 2.76. The van der Waals surface area contributed by atoms with Crippen molar-refractivity contribution in [2.24, 2.45) is 10.2 Å². The van der Waals surface area contributed by atoms with E-state index >= 15 is 0 Å². The highest BCUT2D eigenvalue weighted by molar-refractivity contribution is 5.94. The average Bonchev–Trinajstić information content (AvgIpc) is 2.74. The maximum absolute atomic E-state index is 12.0. The monoisotopic (exact) mass is 410 g/mol. The third-order valence-electron chi connectivity index (χ3n) is 4.47. The van der Waals surface area contributed by atoms with Crippen LogP contribution in [-0.2, 0) is 16.1 Å². The zero-order chi connectivity index (χ0) is 22.1. The van der Waals surface area contributed by atoms with Gasteiger partial charge in [-0.1, -0.05) is 12.1 Å². The summed E-state index contributed by atoms with van der Waals surface area (Å²) in [6.07, 6.45) is -0.454. The SMILES string of the molecule is CC(=O)c1ccc(/N=N/c2ccc(COC(=O)N(C)CCN(C)C(C)=O)cc2)cc1. The Balaban J connectivity index is 1.83. The Morgan fingerprint density at radius 3 is 1.80 bits per heavy atom. The normalized spacial score (nSPS) is 10.7. The molecule has 2 aromatic carbocycles. The summed E-state index contributed by atoms with van der Waals surface area (Å²) < 4.78 is 5.28. The predicted octanol–water partition coefficient (Wildman–Crippen LogP) is 4.35. The number of amides is 2. The summed E-state index contributed by atoms with van der Waals surface area (Å²) in [5.74, 6) is -0.0496. The zero-order valence-corrected chi connectivity index (χ0v) is 17.7. The van der Waals surface area contributed by atoms with Gasteiger partial charge in [0.25, 0.3) is 0 Å². The Hall–Kier alpha value is -3.55. The van der Waals surface area contributed by atoms with Crippen LogP contribution in [-0.4, -0.2) is 54.8 Å². The smallest absolute Gasteiger partial charge is 0.409 e. The Morgan fingerprint density at radius 2 is 1.30 bits per heavy atom. The third-order valence-corrected chi connectivity index (χ3v) is 4.47. The maximum Gasteiger partial charge on any atom is 0.409 e. The van der Waals surface area contributed by atoms with E-state index in [0.29, 0.717) is 30.0 Å². The number of rotatable bonds is 8. The van der Waals surface area contributed by atoms with Crippen LogP contribution in [0.5, 0.6) is 0 Å². The molecule has 0 N–H and O–H groups in total. The second kappa shape index (κ2) is 10.8. The molecule has 8 nitrogen and oxygen atoms in total. The van der Waals surface area contributed by atoms with Gasteiger partial charge in [0.2, 0.25) is 5.91 Å². The summed E-state index contributed by atoms with van der Waals surface area (Å²) in [6, 6.07) is 14.1. The minimum atomic E-state index is -0.454. The van der Waals surface area contributed by atoms with Crippen LogP contribution in [0, 0.1) is 0 Å². The molecule has 30 heavy (non-hydrogen) atoms. The van der Waals surface area contributed by atoms with E-state index in [4.69, 9.17) is 4.74 Å². The fourth-order valence-electron chi connectivity index (χ4n) is 2.34. The molecule has 0 fully saturated rings. The molecule has 2 amide bonds. The van der Waals surface area contributed by atoms with Gasteiger partial charge in [-0.25, -0.2) is 4.79 Å². The fraction of sp³-hybridized carbons (Fsp3) is 0.318. The molecule has 0 unspecified atom stereocenters. The Morgan fingerprint density at radius 1 is 0.800 bits per heavy atom. The highest BCUT2D eigenvalue weighted by Gasteiger charge is 2.12. The lowest BCUT2D eigenvalue weighted by molar-refractivity contribution is -0.127. The zero-order valence-electron chi connectivity index (χ0n) is 17.7. The lowest BCUT2D eigenvalue weighted by Gasteiger charge is -2.21. The molecule has 0 saturated carbocycles. The van der Waals surface area contributed by atoms with Gasteiger partial charge in [0.05, 0.1) is 11.4 Å². The second-order valence-corrected chi connectivity index (χ2v) is 6.89. The number of ether oxygens (including phenoxy) is 1. The topological polar surface area (TPSA) is 91.6 Å². The molecule has 8 heteroatoms. The Bertz CT molecular complexity index is 908. The van der Waals surface area contributed by atoms with Crippen LogP contribution < -0.4 is 0 Å². The van der Waals surface area contributed by atoms with Gasteiger partial charge < -0.3 is 14.5 Å². The van der Waals surface area contributed by atoms with E-state index in [9.17, 15) is 14.4 Å². The van der Waals surface area contributed by atoms with Crippen molar-refractivity contribution in [1.82, 2.24) is 9.80 Å². The van der Waals surface area contributed by atoms with Crippen LogP contribution in [0.3, 0.4) is 0 Å². The summed E-state index contributed by atoms with van der Waals surface area (Å²) >= 11 is 0. The van der Waals surface area contributed by atoms with E-state index in [0.717, 1.165) is 5.56 Å². The van der Waals surface area contributed by atoms with Crippen molar-refractivity contribution in [2.45, 2.75) is 20.5 Å². The van der Waals surface area contributed by atoms with Crippen molar-refractivity contribution in [2.75, 3.05) is 27.2 Å². The predicted molar refractivity (Wildman–Crippen MR) is 113 cm³/mol. The largest absolute Gasteiger partial charge is 0.445 e. The number of hydrogen-bond donors (Lipinski definition) is 0. The first kappa shape index (κ1) is 22.7. The van der Waals surface area contributed by atoms with Gasteiger partial charge in [-0.15, -0.1) is 0 Å². The number of benzene rings is 2. The van der Waals surface area contributed by atoms with Crippen molar-refractivity contribution >= 4 is 29.2 Å². The van der Waals surface area contributed by atoms with E-state index in [1.165, 1.54) is 23.6 Å². The van der Waals surface area contributed by atoms with Gasteiger partial charge >= 0.3 is 6.09 Å². The number of azo groups is 1. The van der Waals surface area contributed by atoms with Crippen molar-refractivity contribution in [3.8, 4) is 0 Å². The van der Waals surface area contributed by atoms with Crippen molar-refractivity contribution in [3.63, 3.8) is 0 Å². The minimum absolute atomic E-state index is 0.00405. The van der Waals surface area contributed by atoms with Crippen LogP contribution in [0.1, 0.15) is 29.8 Å². The molecule has 0 heterocycles. The fourth-order valence-corrected chi connectivity index (χ4v) is 2.34. The number of hydrogen-bond acceptors (Lipinski definition) is 6. The van der Waals surface area contributed by atoms with Gasteiger partial charge in [0.1, 0.15) is 6.61 Å². The van der Waals surface area contributed by atoms with Gasteiger partial charge in [0, 0.05) is 39.7 Å². The van der Waals surface area contributed by atoms with Crippen LogP contribution >= 0.6 is 0 Å². The molecule has 0 spiro atoms. The molecule has 2 rings (SSSR count). The molecular formula is C22H26N4O4. The first-order valence-corrected chi connectivity index (χ1v) is 9.47. The molecule has 0 saturated heterocycles. The summed E-state index contributed by atoms with van der Waals surface area (Å²) in [4.78, 5) is 37.5. The quantitative estimate of drug-likeness (QED) is 0.478. The second-order valence-electron chi connectivity index (χ2n) is 6.89. The first-order chi connectivity index (χ1) is 14.3. The maximum atomic E-state index is 12.0. The molecule has 0 bridgehead atoms. The lowest BCUT2D eigenvalue weighted by atomic mass is 10.1. The van der Waals surface area contributed by atoms with Crippen molar-refractivity contribution in [1.29, 1.82) is 0 Å². The molecule has 2 aromatic rings. The van der Waals surface area contributed by atoms with E-state index in [2.05, 4.69) is 10.2 Å². The summed E-state index contributed by atoms with van der Waals surface area (Å²) in [6.45, 7) is 3.96. The standard InChI is InChI=1S/C22H26N4O4/c1-16(27)19-7-11-21(12-8-19)24-23-20-9-5-18(6-10-20)15-30-22(29)26(4)14-13-25(3)17(2)28/h5-12H,13-15H2,1-4H3/b24-23+. The third kappa shape index (κ3) is 7.12. The van der Waals surface area contributed by atoms with E-state index in [-0.39, 0.29) is 18.3 Å². The average molecular weight is 410 g/mol.